The van der Waals surface area contributed by atoms with E-state index in [9.17, 15) is 8.78 Å². The molecule has 1 fully saturated rings. The maximum Gasteiger partial charge on any atom is 0.182 e. The molecule has 0 atom stereocenters. The van der Waals surface area contributed by atoms with Gasteiger partial charge in [0.2, 0.25) is 0 Å². The van der Waals surface area contributed by atoms with Gasteiger partial charge in [-0.3, -0.25) is 9.67 Å². The van der Waals surface area contributed by atoms with Crippen LogP contribution in [0.2, 0.25) is 0 Å². The molecule has 5 aromatic rings. The molecule has 8 nitrogen and oxygen atoms in total. The largest absolute Gasteiger partial charge is 0.494 e. The second-order valence-corrected chi connectivity index (χ2v) is 9.48. The van der Waals surface area contributed by atoms with Gasteiger partial charge in [0.05, 0.1) is 18.7 Å². The Labute approximate surface area is 248 Å². The smallest absolute Gasteiger partial charge is 0.182 e. The van der Waals surface area contributed by atoms with Crippen LogP contribution in [-0.4, -0.2) is 44.4 Å². The highest BCUT2D eigenvalue weighted by molar-refractivity contribution is 5.92. The van der Waals surface area contributed by atoms with E-state index in [2.05, 4.69) is 20.6 Å². The molecule has 0 spiro atoms. The van der Waals surface area contributed by atoms with Crippen molar-refractivity contribution in [1.29, 1.82) is 0 Å². The van der Waals surface area contributed by atoms with Gasteiger partial charge in [0.1, 0.15) is 28.9 Å². The van der Waals surface area contributed by atoms with Crippen LogP contribution in [0.5, 0.6) is 5.75 Å². The van der Waals surface area contributed by atoms with E-state index in [0.29, 0.717) is 29.9 Å². The molecule has 0 aliphatic carbocycles. The Morgan fingerprint density at radius 1 is 1.05 bits per heavy atom. The average molecular weight is 601 g/mol. The molecule has 0 bridgehead atoms. The minimum absolute atomic E-state index is 0. The summed E-state index contributed by atoms with van der Waals surface area (Å²) in [5.74, 6) is 0.424. The molecule has 3 aromatic heterocycles. The molecular formula is C29H29Cl2F2N7O. The lowest BCUT2D eigenvalue weighted by Gasteiger charge is -2.27. The molecule has 0 amide bonds. The van der Waals surface area contributed by atoms with Gasteiger partial charge in [-0.1, -0.05) is 18.2 Å². The average Bonchev–Trinajstić information content (AvgIpc) is 3.28. The van der Waals surface area contributed by atoms with Crippen LogP contribution in [0.4, 0.5) is 20.3 Å². The van der Waals surface area contributed by atoms with E-state index in [0.717, 1.165) is 41.7 Å². The Morgan fingerprint density at radius 3 is 2.46 bits per heavy atom. The van der Waals surface area contributed by atoms with Gasteiger partial charge in [0.15, 0.2) is 5.82 Å². The van der Waals surface area contributed by atoms with Crippen LogP contribution in [-0.2, 0) is 13.0 Å². The second kappa shape index (κ2) is 13.2. The first kappa shape index (κ1) is 30.1. The number of hydrogen-bond donors (Lipinski definition) is 2. The summed E-state index contributed by atoms with van der Waals surface area (Å²) in [5.41, 5.74) is 3.02. The van der Waals surface area contributed by atoms with Crippen LogP contribution in [0.15, 0.2) is 67.1 Å². The Balaban J connectivity index is 0.00000194. The normalized spacial score (nSPS) is 12.8. The molecule has 0 unspecified atom stereocenters. The number of nitrogens with zero attached hydrogens (tertiary/aromatic N) is 5. The number of hydrogen-bond acceptors (Lipinski definition) is 7. The molecular weight excluding hydrogens is 571 g/mol. The molecule has 12 heteroatoms. The van der Waals surface area contributed by atoms with Gasteiger partial charge in [-0.2, -0.15) is 5.10 Å². The SMILES string of the molecule is CCOc1cc(F)c(Cn2nc(-c3ncc(CC4CNC4)c(Nc4ccncc4)n3)c3ccccc32)c(F)c1.Cl.Cl. The van der Waals surface area contributed by atoms with Crippen molar-refractivity contribution in [1.82, 2.24) is 30.0 Å². The first-order valence-corrected chi connectivity index (χ1v) is 12.9. The van der Waals surface area contributed by atoms with E-state index in [1.54, 1.807) is 24.0 Å². The van der Waals surface area contributed by atoms with E-state index in [1.165, 1.54) is 12.1 Å². The number of pyridine rings is 1. The van der Waals surface area contributed by atoms with Crippen LogP contribution in [0, 0.1) is 17.6 Å². The van der Waals surface area contributed by atoms with Gasteiger partial charge in [-0.05, 0) is 50.6 Å². The van der Waals surface area contributed by atoms with Crippen molar-refractivity contribution in [2.24, 2.45) is 5.92 Å². The van der Waals surface area contributed by atoms with Crippen molar-refractivity contribution in [2.45, 2.75) is 19.9 Å². The summed E-state index contributed by atoms with van der Waals surface area (Å²) in [4.78, 5) is 13.6. The van der Waals surface area contributed by atoms with Crippen molar-refractivity contribution < 1.29 is 13.5 Å². The maximum atomic E-state index is 14.9. The number of para-hydroxylation sites is 1. The van der Waals surface area contributed by atoms with Crippen molar-refractivity contribution >= 4 is 47.2 Å². The van der Waals surface area contributed by atoms with E-state index in [4.69, 9.17) is 14.8 Å². The van der Waals surface area contributed by atoms with Gasteiger partial charge in [0, 0.05) is 52.9 Å². The molecule has 2 N–H and O–H groups in total. The summed E-state index contributed by atoms with van der Waals surface area (Å²) in [7, 11) is 0. The number of ether oxygens (including phenoxy) is 1. The summed E-state index contributed by atoms with van der Waals surface area (Å²) in [5, 5.41) is 12.2. The van der Waals surface area contributed by atoms with Crippen LogP contribution < -0.4 is 15.4 Å². The Kier molecular flexibility index (Phi) is 9.69. The fourth-order valence-electron chi connectivity index (χ4n) is 4.70. The van der Waals surface area contributed by atoms with Crippen LogP contribution in [0.3, 0.4) is 0 Å². The summed E-state index contributed by atoms with van der Waals surface area (Å²) in [6.45, 7) is 3.91. The molecule has 41 heavy (non-hydrogen) atoms. The fourth-order valence-corrected chi connectivity index (χ4v) is 4.70. The van der Waals surface area contributed by atoms with E-state index < -0.39 is 11.6 Å². The zero-order valence-corrected chi connectivity index (χ0v) is 23.8. The summed E-state index contributed by atoms with van der Waals surface area (Å²) >= 11 is 0. The molecule has 1 aliphatic heterocycles. The summed E-state index contributed by atoms with van der Waals surface area (Å²) < 4.78 is 36.6. The Hall–Kier alpha value is -3.86. The molecule has 0 saturated carbocycles. The molecule has 214 valence electrons. The maximum absolute atomic E-state index is 14.9. The van der Waals surface area contributed by atoms with Gasteiger partial charge < -0.3 is 15.4 Å². The molecule has 4 heterocycles. The van der Waals surface area contributed by atoms with Gasteiger partial charge in [-0.25, -0.2) is 18.7 Å². The first-order chi connectivity index (χ1) is 19.1. The number of benzene rings is 2. The van der Waals surface area contributed by atoms with Crippen LogP contribution in [0.25, 0.3) is 22.4 Å². The van der Waals surface area contributed by atoms with E-state index in [-0.39, 0.29) is 42.7 Å². The molecule has 2 aromatic carbocycles. The lowest BCUT2D eigenvalue weighted by atomic mass is 9.95. The standard InChI is InChI=1S/C29H27F2N7O.2ClH/c1-2-39-21-12-24(30)23(25(31)13-21)17-38-26-6-4-3-5-22(26)27(37-38)29-34-16-19(11-18-14-33-15-18)28(36-29)35-20-7-9-32-10-8-20;;/h3-10,12-13,16,18,33H,2,11,14-15,17H2,1H3,(H,32,34,35,36);2*1H. The number of rotatable bonds is 9. The topological polar surface area (TPSA) is 89.8 Å². The molecule has 6 rings (SSSR count). The third-order valence-electron chi connectivity index (χ3n) is 6.79. The Morgan fingerprint density at radius 2 is 1.78 bits per heavy atom. The van der Waals surface area contributed by atoms with Crippen LogP contribution >= 0.6 is 24.8 Å². The number of aromatic nitrogens is 5. The Bertz CT molecular complexity index is 1610. The zero-order valence-electron chi connectivity index (χ0n) is 22.2. The monoisotopic (exact) mass is 599 g/mol. The molecule has 1 aliphatic rings. The molecule has 1 saturated heterocycles. The van der Waals surface area contributed by atoms with Gasteiger partial charge >= 0.3 is 0 Å². The highest BCUT2D eigenvalue weighted by atomic mass is 35.5. The number of anilines is 2. The third-order valence-corrected chi connectivity index (χ3v) is 6.79. The predicted octanol–water partition coefficient (Wildman–Crippen LogP) is 5.96. The molecule has 0 radical (unpaired) electrons. The number of fused-ring (bicyclic) bond motifs is 1. The first-order valence-electron chi connectivity index (χ1n) is 12.9. The lowest BCUT2D eigenvalue weighted by molar-refractivity contribution is 0.335. The lowest BCUT2D eigenvalue weighted by Crippen LogP contribution is -2.43. The van der Waals surface area contributed by atoms with Crippen molar-refractivity contribution in [3.05, 3.63) is 89.9 Å². The summed E-state index contributed by atoms with van der Waals surface area (Å²) in [6, 6.07) is 13.7. The highest BCUT2D eigenvalue weighted by Gasteiger charge is 2.22. The highest BCUT2D eigenvalue weighted by Crippen LogP contribution is 2.30. The zero-order chi connectivity index (χ0) is 26.8. The van der Waals surface area contributed by atoms with Gasteiger partial charge in [0.25, 0.3) is 0 Å². The number of nitrogens with one attached hydrogen (secondary N) is 2. The van der Waals surface area contributed by atoms with Crippen molar-refractivity contribution in [2.75, 3.05) is 25.0 Å². The van der Waals surface area contributed by atoms with Crippen molar-refractivity contribution in [3.63, 3.8) is 0 Å². The van der Waals surface area contributed by atoms with E-state index in [1.807, 2.05) is 42.6 Å². The minimum atomic E-state index is -0.686. The predicted molar refractivity (Wildman–Crippen MR) is 159 cm³/mol. The van der Waals surface area contributed by atoms with Crippen LogP contribution in [0.1, 0.15) is 18.1 Å². The fraction of sp³-hybridized carbons (Fsp3) is 0.241. The number of halogens is 4. The second-order valence-electron chi connectivity index (χ2n) is 9.48. The third kappa shape index (κ3) is 6.40. The quantitative estimate of drug-likeness (QED) is 0.216. The van der Waals surface area contributed by atoms with Crippen molar-refractivity contribution in [3.8, 4) is 17.3 Å². The van der Waals surface area contributed by atoms with E-state index >= 15 is 0 Å². The van der Waals surface area contributed by atoms with Gasteiger partial charge in [-0.15, -0.1) is 24.8 Å². The minimum Gasteiger partial charge on any atom is -0.494 e. The summed E-state index contributed by atoms with van der Waals surface area (Å²) in [6.07, 6.45) is 6.11.